The number of benzene rings is 1. The van der Waals surface area contributed by atoms with Gasteiger partial charge in [0.25, 0.3) is 15.9 Å². The number of ether oxygens (including phenoxy) is 2. The van der Waals surface area contributed by atoms with Crippen LogP contribution in [0.3, 0.4) is 0 Å². The lowest BCUT2D eigenvalue weighted by Gasteiger charge is -2.13. The van der Waals surface area contributed by atoms with Crippen LogP contribution in [0.25, 0.3) is 0 Å². The maximum Gasteiger partial charge on any atom is 0.515 e. The third-order valence-electron chi connectivity index (χ3n) is 4.61. The van der Waals surface area contributed by atoms with Gasteiger partial charge < -0.3 is 14.8 Å². The van der Waals surface area contributed by atoms with Gasteiger partial charge >= 0.3 is 6.16 Å². The molecule has 0 saturated carbocycles. The van der Waals surface area contributed by atoms with Crippen molar-refractivity contribution in [2.45, 2.75) is 51.0 Å². The Labute approximate surface area is 192 Å². The van der Waals surface area contributed by atoms with Gasteiger partial charge in [-0.15, -0.1) is 0 Å². The van der Waals surface area contributed by atoms with Crippen LogP contribution in [0, 0.1) is 0 Å². The Bertz CT molecular complexity index is 1060. The summed E-state index contributed by atoms with van der Waals surface area (Å²) in [6, 6.07) is 8.51. The molecule has 2 rings (SSSR count). The first-order valence-electron chi connectivity index (χ1n) is 10.4. The van der Waals surface area contributed by atoms with E-state index in [0.717, 1.165) is 11.8 Å². The van der Waals surface area contributed by atoms with Crippen molar-refractivity contribution in [3.05, 3.63) is 53.7 Å². The van der Waals surface area contributed by atoms with Gasteiger partial charge in [0.15, 0.2) is 0 Å². The summed E-state index contributed by atoms with van der Waals surface area (Å²) in [5.41, 5.74) is 0.794. The summed E-state index contributed by atoms with van der Waals surface area (Å²) in [4.78, 5) is 38.8. The van der Waals surface area contributed by atoms with E-state index in [9.17, 15) is 22.8 Å². The molecule has 2 N–H and O–H groups in total. The molecular weight excluding hydrogens is 450 g/mol. The van der Waals surface area contributed by atoms with Crippen molar-refractivity contribution in [2.24, 2.45) is 0 Å². The molecular formula is C22H27N3O7S. The second-order valence-corrected chi connectivity index (χ2v) is 8.79. The molecule has 0 unspecified atom stereocenters. The first-order valence-corrected chi connectivity index (χ1v) is 11.9. The van der Waals surface area contributed by atoms with Crippen molar-refractivity contribution in [3.63, 3.8) is 0 Å². The molecule has 0 aliphatic heterocycles. The Morgan fingerprint density at radius 3 is 2.24 bits per heavy atom. The molecule has 178 valence electrons. The minimum absolute atomic E-state index is 0.0359. The van der Waals surface area contributed by atoms with Crippen LogP contribution in [-0.4, -0.2) is 44.0 Å². The third kappa shape index (κ3) is 8.19. The number of amides is 2. The number of hydrogen-bond acceptors (Lipinski definition) is 8. The number of nitrogens with one attached hydrogen (secondary N) is 2. The van der Waals surface area contributed by atoms with Crippen molar-refractivity contribution in [2.75, 3.05) is 6.54 Å². The van der Waals surface area contributed by atoms with E-state index in [0.29, 0.717) is 25.8 Å². The number of hydrogen-bond donors (Lipinski definition) is 2. The SMILES string of the molecule is CCC(CC)OC(=O)Oc1ccc(C(=O)NS(=O)(=O)c2ccc(CCNC(C)=O)cc2)cn1. The fraction of sp³-hybridized carbons (Fsp3) is 0.364. The van der Waals surface area contributed by atoms with Gasteiger partial charge in [-0.25, -0.2) is 22.9 Å². The second kappa shape index (κ2) is 12.0. The van der Waals surface area contributed by atoms with E-state index in [1.54, 1.807) is 12.1 Å². The predicted molar refractivity (Wildman–Crippen MR) is 119 cm³/mol. The quantitative estimate of drug-likeness (QED) is 0.498. The largest absolute Gasteiger partial charge is 0.515 e. The lowest BCUT2D eigenvalue weighted by Crippen LogP contribution is -2.30. The Balaban J connectivity index is 1.96. The summed E-state index contributed by atoms with van der Waals surface area (Å²) < 4.78 is 37.1. The molecule has 0 atom stereocenters. The van der Waals surface area contributed by atoms with E-state index >= 15 is 0 Å². The van der Waals surface area contributed by atoms with E-state index in [1.165, 1.54) is 31.2 Å². The van der Waals surface area contributed by atoms with Crippen LogP contribution in [0.1, 0.15) is 49.5 Å². The summed E-state index contributed by atoms with van der Waals surface area (Å²) in [6.07, 6.45) is 1.75. The Morgan fingerprint density at radius 1 is 1.03 bits per heavy atom. The highest BCUT2D eigenvalue weighted by Crippen LogP contribution is 2.14. The minimum atomic E-state index is -4.11. The molecule has 0 aliphatic carbocycles. The third-order valence-corrected chi connectivity index (χ3v) is 5.96. The number of pyridine rings is 1. The van der Waals surface area contributed by atoms with Gasteiger partial charge in [-0.05, 0) is 43.0 Å². The van der Waals surface area contributed by atoms with Crippen molar-refractivity contribution in [3.8, 4) is 5.88 Å². The van der Waals surface area contributed by atoms with E-state index in [1.807, 2.05) is 18.6 Å². The first-order chi connectivity index (χ1) is 15.6. The summed E-state index contributed by atoms with van der Waals surface area (Å²) in [7, 11) is -4.11. The lowest BCUT2D eigenvalue weighted by atomic mass is 10.1. The van der Waals surface area contributed by atoms with Crippen LogP contribution in [0.4, 0.5) is 4.79 Å². The smallest absolute Gasteiger partial charge is 0.431 e. The zero-order valence-corrected chi connectivity index (χ0v) is 19.5. The average Bonchev–Trinajstić information content (AvgIpc) is 2.77. The lowest BCUT2D eigenvalue weighted by molar-refractivity contribution is -0.118. The Morgan fingerprint density at radius 2 is 1.70 bits per heavy atom. The summed E-state index contributed by atoms with van der Waals surface area (Å²) in [6.45, 7) is 5.60. The summed E-state index contributed by atoms with van der Waals surface area (Å²) in [5, 5.41) is 2.66. The van der Waals surface area contributed by atoms with Gasteiger partial charge in [-0.3, -0.25) is 9.59 Å². The number of sulfonamides is 1. The maximum atomic E-state index is 12.5. The van der Waals surface area contributed by atoms with Gasteiger partial charge in [0.2, 0.25) is 11.8 Å². The van der Waals surface area contributed by atoms with Gasteiger partial charge in [0.05, 0.1) is 10.5 Å². The first kappa shape index (κ1) is 25.8. The fourth-order valence-corrected chi connectivity index (χ4v) is 3.71. The molecule has 1 aromatic carbocycles. The van der Waals surface area contributed by atoms with E-state index in [2.05, 4.69) is 10.3 Å². The van der Waals surface area contributed by atoms with Crippen LogP contribution >= 0.6 is 0 Å². The van der Waals surface area contributed by atoms with Crippen molar-refractivity contribution in [1.29, 1.82) is 0 Å². The second-order valence-electron chi connectivity index (χ2n) is 7.11. The van der Waals surface area contributed by atoms with E-state index in [4.69, 9.17) is 9.47 Å². The minimum Gasteiger partial charge on any atom is -0.431 e. The number of carbonyl (C=O) groups is 3. The Kier molecular flexibility index (Phi) is 9.34. The summed E-state index contributed by atoms with van der Waals surface area (Å²) in [5.74, 6) is -1.11. The maximum absolute atomic E-state index is 12.5. The average molecular weight is 478 g/mol. The molecule has 11 heteroatoms. The zero-order chi connectivity index (χ0) is 24.4. The van der Waals surface area contributed by atoms with Crippen LogP contribution in [-0.2, 0) is 26.0 Å². The predicted octanol–water partition coefficient (Wildman–Crippen LogP) is 2.58. The van der Waals surface area contributed by atoms with Crippen LogP contribution in [0.15, 0.2) is 47.5 Å². The summed E-state index contributed by atoms with van der Waals surface area (Å²) >= 11 is 0. The van der Waals surface area contributed by atoms with E-state index in [-0.39, 0.29) is 28.4 Å². The number of nitrogens with zero attached hydrogens (tertiary/aromatic N) is 1. The molecule has 0 fully saturated rings. The highest BCUT2D eigenvalue weighted by atomic mass is 32.2. The number of carbonyl (C=O) groups excluding carboxylic acids is 3. The van der Waals surface area contributed by atoms with Crippen LogP contribution in [0.5, 0.6) is 5.88 Å². The molecule has 1 aromatic heterocycles. The molecule has 2 amide bonds. The van der Waals surface area contributed by atoms with Crippen molar-refractivity contribution >= 4 is 28.0 Å². The normalized spacial score (nSPS) is 11.0. The highest BCUT2D eigenvalue weighted by Gasteiger charge is 2.20. The Hall–Kier alpha value is -3.47. The van der Waals surface area contributed by atoms with Crippen LogP contribution in [0.2, 0.25) is 0 Å². The molecule has 1 heterocycles. The molecule has 33 heavy (non-hydrogen) atoms. The molecule has 2 aromatic rings. The molecule has 0 radical (unpaired) electrons. The molecule has 0 spiro atoms. The number of aromatic nitrogens is 1. The van der Waals surface area contributed by atoms with E-state index < -0.39 is 22.1 Å². The van der Waals surface area contributed by atoms with Crippen molar-refractivity contribution in [1.82, 2.24) is 15.0 Å². The molecule has 10 nitrogen and oxygen atoms in total. The topological polar surface area (TPSA) is 141 Å². The molecule has 0 aliphatic rings. The van der Waals surface area contributed by atoms with Gasteiger partial charge in [-0.2, -0.15) is 0 Å². The van der Waals surface area contributed by atoms with Gasteiger partial charge in [0, 0.05) is 25.7 Å². The van der Waals surface area contributed by atoms with Crippen molar-refractivity contribution < 1.29 is 32.3 Å². The highest BCUT2D eigenvalue weighted by molar-refractivity contribution is 7.90. The molecule has 0 saturated heterocycles. The van der Waals surface area contributed by atoms with Gasteiger partial charge in [0.1, 0.15) is 6.10 Å². The monoisotopic (exact) mass is 477 g/mol. The number of rotatable bonds is 10. The van der Waals surface area contributed by atoms with Crippen LogP contribution < -0.4 is 14.8 Å². The fourth-order valence-electron chi connectivity index (χ4n) is 2.73. The standard InChI is InChI=1S/C22H27N3O7S/c1-4-18(5-2)31-22(28)32-20-11-8-17(14-24-20)21(27)25-33(29,30)19-9-6-16(7-10-19)12-13-23-15(3)26/h6-11,14,18H,4-5,12-13H2,1-3H3,(H,23,26)(H,25,27). The molecule has 0 bridgehead atoms. The zero-order valence-electron chi connectivity index (χ0n) is 18.7. The van der Waals surface area contributed by atoms with Gasteiger partial charge in [-0.1, -0.05) is 26.0 Å².